The van der Waals surface area contributed by atoms with Gasteiger partial charge in [-0.1, -0.05) is 27.7 Å². The zero-order valence-corrected chi connectivity index (χ0v) is 26.7. The van der Waals surface area contributed by atoms with Crippen molar-refractivity contribution in [2.24, 2.45) is 34.5 Å². The SMILES string of the molecule is CC(C)CC[C@@H](O)[C@](C)(O)[C@H]1CC[C@@]2(O)C3=CC(=O)[C@H]4C[C@@H](O[C@@H]5O[C@H](CO)[C@@H](O)[C@H](O)[C@H]5O)[C@@H](O)C[C@]4(C)[C@H]3CC[C@]12C. The third-order valence-electron chi connectivity index (χ3n) is 12.6. The number of carbonyl (C=O) groups excluding carboxylic acids is 1. The Balaban J connectivity index is 1.38. The summed E-state index contributed by atoms with van der Waals surface area (Å²) in [6.45, 7) is 9.17. The highest BCUT2D eigenvalue weighted by atomic mass is 16.7. The maximum atomic E-state index is 13.9. The average Bonchev–Trinajstić information content (AvgIpc) is 3.24. The first kappa shape index (κ1) is 34.3. The molecule has 0 aromatic rings. The minimum absolute atomic E-state index is 0.126. The Kier molecular flexibility index (Phi) is 9.30. The highest BCUT2D eigenvalue weighted by Crippen LogP contribution is 2.68. The molecule has 11 nitrogen and oxygen atoms in total. The van der Waals surface area contributed by atoms with Crippen LogP contribution in [0.3, 0.4) is 0 Å². The quantitative estimate of drug-likeness (QED) is 0.187. The summed E-state index contributed by atoms with van der Waals surface area (Å²) in [5.74, 6) is -0.913. The molecule has 5 aliphatic rings. The van der Waals surface area contributed by atoms with Crippen molar-refractivity contribution in [3.8, 4) is 0 Å². The molecule has 252 valence electrons. The predicted molar refractivity (Wildman–Crippen MR) is 158 cm³/mol. The fraction of sp³-hybridized carbons (Fsp3) is 0.909. The molecule has 3 saturated carbocycles. The lowest BCUT2D eigenvalue weighted by Crippen LogP contribution is -2.64. The van der Waals surface area contributed by atoms with Crippen molar-refractivity contribution in [3.63, 3.8) is 0 Å². The number of hydrogen-bond donors (Lipinski definition) is 8. The van der Waals surface area contributed by atoms with Gasteiger partial charge in [0.2, 0.25) is 0 Å². The van der Waals surface area contributed by atoms with Crippen LogP contribution in [0.4, 0.5) is 0 Å². The van der Waals surface area contributed by atoms with Crippen LogP contribution in [0.15, 0.2) is 11.6 Å². The Hall–Kier alpha value is -0.990. The number of hydrogen-bond acceptors (Lipinski definition) is 11. The molecule has 0 radical (unpaired) electrons. The number of fused-ring (bicyclic) bond motifs is 5. The Morgan fingerprint density at radius 1 is 1.05 bits per heavy atom. The van der Waals surface area contributed by atoms with Crippen molar-refractivity contribution < 1.29 is 55.1 Å². The molecule has 8 N–H and O–H groups in total. The summed E-state index contributed by atoms with van der Waals surface area (Å²) < 4.78 is 11.4. The van der Waals surface area contributed by atoms with E-state index in [9.17, 15) is 45.6 Å². The van der Waals surface area contributed by atoms with Gasteiger partial charge in [0.15, 0.2) is 12.1 Å². The molecule has 44 heavy (non-hydrogen) atoms. The number of aliphatic hydroxyl groups is 8. The topological polar surface area (TPSA) is 197 Å². The van der Waals surface area contributed by atoms with E-state index in [-0.39, 0.29) is 30.5 Å². The minimum atomic E-state index is -1.62. The zero-order valence-electron chi connectivity index (χ0n) is 26.7. The van der Waals surface area contributed by atoms with E-state index in [4.69, 9.17) is 9.47 Å². The van der Waals surface area contributed by atoms with Crippen LogP contribution in [0, 0.1) is 34.5 Å². The number of aliphatic hydroxyl groups excluding tert-OH is 6. The first-order valence-corrected chi connectivity index (χ1v) is 16.4. The largest absolute Gasteiger partial charge is 0.394 e. The summed E-state index contributed by atoms with van der Waals surface area (Å²) in [4.78, 5) is 13.9. The van der Waals surface area contributed by atoms with Crippen LogP contribution in [-0.2, 0) is 14.3 Å². The second-order valence-corrected chi connectivity index (χ2v) is 15.6. The Morgan fingerprint density at radius 2 is 1.73 bits per heavy atom. The second-order valence-electron chi connectivity index (χ2n) is 15.6. The molecule has 1 heterocycles. The van der Waals surface area contributed by atoms with Gasteiger partial charge in [-0.25, -0.2) is 0 Å². The molecule has 0 aromatic carbocycles. The first-order valence-electron chi connectivity index (χ1n) is 16.4. The third kappa shape index (κ3) is 5.23. The van der Waals surface area contributed by atoms with E-state index in [1.165, 1.54) is 0 Å². The van der Waals surface area contributed by atoms with Crippen LogP contribution in [0.2, 0.25) is 0 Å². The lowest BCUT2D eigenvalue weighted by atomic mass is 9.45. The van der Waals surface area contributed by atoms with Crippen molar-refractivity contribution in [2.75, 3.05) is 6.61 Å². The van der Waals surface area contributed by atoms with Gasteiger partial charge in [-0.2, -0.15) is 0 Å². The van der Waals surface area contributed by atoms with Crippen LogP contribution in [0.1, 0.15) is 86.0 Å². The molecule has 0 aromatic heterocycles. The molecule has 1 aliphatic heterocycles. The summed E-state index contributed by atoms with van der Waals surface area (Å²) in [6, 6.07) is 0. The normalized spacial score (nSPS) is 49.5. The maximum absolute atomic E-state index is 13.9. The van der Waals surface area contributed by atoms with Crippen molar-refractivity contribution >= 4 is 5.78 Å². The van der Waals surface area contributed by atoms with E-state index in [1.807, 2.05) is 13.8 Å². The summed E-state index contributed by atoms with van der Waals surface area (Å²) in [5.41, 5.74) is -3.55. The van der Waals surface area contributed by atoms with Crippen molar-refractivity contribution in [3.05, 3.63) is 11.6 Å². The van der Waals surface area contributed by atoms with Gasteiger partial charge < -0.3 is 50.3 Å². The molecular formula is C33H54O11. The molecule has 4 fully saturated rings. The Bertz CT molecular complexity index is 1110. The fourth-order valence-corrected chi connectivity index (χ4v) is 9.81. The molecule has 11 heteroatoms. The van der Waals surface area contributed by atoms with Crippen molar-refractivity contribution in [2.45, 2.75) is 146 Å². The van der Waals surface area contributed by atoms with E-state index in [0.717, 1.165) is 6.42 Å². The van der Waals surface area contributed by atoms with Crippen molar-refractivity contribution in [1.82, 2.24) is 0 Å². The first-order chi connectivity index (χ1) is 20.4. The van der Waals surface area contributed by atoms with E-state index >= 15 is 0 Å². The van der Waals surface area contributed by atoms with E-state index in [2.05, 4.69) is 13.8 Å². The molecule has 4 aliphatic carbocycles. The number of carbonyl (C=O) groups is 1. The highest BCUT2D eigenvalue weighted by molar-refractivity contribution is 5.95. The van der Waals surface area contributed by atoms with Gasteiger partial charge in [-0.15, -0.1) is 0 Å². The number of ketones is 1. The van der Waals surface area contributed by atoms with E-state index in [0.29, 0.717) is 43.6 Å². The summed E-state index contributed by atoms with van der Waals surface area (Å²) in [7, 11) is 0. The molecule has 0 spiro atoms. The third-order valence-corrected chi connectivity index (χ3v) is 12.6. The standard InChI is InChI=1S/C33H54O11/c1-16(2)6-7-25(37)32(5,41)24-9-11-33(42)18-12-20(35)19-13-22(43-29-28(40)27(39)26(38)23(15-34)44-29)21(36)14-30(19,3)17(18)8-10-31(24,33)4/h12,16-17,19,21-29,34,36-42H,6-11,13-15H2,1-5H3/t17-,19+,21-,22+,23+,24-,25+,26+,27-,28+,29+,30+,31+,32+,33+/m0/s1. The van der Waals surface area contributed by atoms with Gasteiger partial charge in [0.1, 0.15) is 24.4 Å². The fourth-order valence-electron chi connectivity index (χ4n) is 9.81. The molecule has 1 saturated heterocycles. The molecular weight excluding hydrogens is 572 g/mol. The molecule has 15 atom stereocenters. The van der Waals surface area contributed by atoms with Crippen LogP contribution in [0.5, 0.6) is 0 Å². The maximum Gasteiger partial charge on any atom is 0.187 e. The predicted octanol–water partition coefficient (Wildman–Crippen LogP) is 0.563. The zero-order chi connectivity index (χ0) is 32.6. The molecule has 0 unspecified atom stereocenters. The van der Waals surface area contributed by atoms with Crippen LogP contribution < -0.4 is 0 Å². The van der Waals surface area contributed by atoms with Gasteiger partial charge in [0.05, 0.1) is 36.1 Å². The number of rotatable bonds is 8. The Morgan fingerprint density at radius 3 is 2.36 bits per heavy atom. The highest BCUT2D eigenvalue weighted by Gasteiger charge is 2.69. The minimum Gasteiger partial charge on any atom is -0.394 e. The van der Waals surface area contributed by atoms with Gasteiger partial charge >= 0.3 is 0 Å². The summed E-state index contributed by atoms with van der Waals surface area (Å²) >= 11 is 0. The van der Waals surface area contributed by atoms with Gasteiger partial charge in [-0.3, -0.25) is 4.79 Å². The van der Waals surface area contributed by atoms with Gasteiger partial charge in [-0.05, 0) is 93.1 Å². The van der Waals surface area contributed by atoms with Gasteiger partial charge in [0, 0.05) is 11.3 Å². The van der Waals surface area contributed by atoms with Gasteiger partial charge in [0.25, 0.3) is 0 Å². The summed E-state index contributed by atoms with van der Waals surface area (Å²) in [6.07, 6.45) is -5.04. The number of allylic oxidation sites excluding steroid dienone is 1. The molecule has 0 amide bonds. The van der Waals surface area contributed by atoms with Crippen LogP contribution >= 0.6 is 0 Å². The van der Waals surface area contributed by atoms with Crippen molar-refractivity contribution in [1.29, 1.82) is 0 Å². The lowest BCUT2D eigenvalue weighted by Gasteiger charge is -2.61. The second kappa shape index (κ2) is 11.9. The lowest BCUT2D eigenvalue weighted by molar-refractivity contribution is -0.322. The van der Waals surface area contributed by atoms with E-state index in [1.54, 1.807) is 13.0 Å². The smallest absolute Gasteiger partial charge is 0.187 e. The average molecular weight is 627 g/mol. The summed E-state index contributed by atoms with van der Waals surface area (Å²) in [5, 5.41) is 86.9. The monoisotopic (exact) mass is 626 g/mol. The Labute approximate surface area is 259 Å². The molecule has 0 bridgehead atoms. The van der Waals surface area contributed by atoms with E-state index < -0.39 is 83.6 Å². The van der Waals surface area contributed by atoms with Crippen LogP contribution in [-0.4, -0.2) is 113 Å². The molecule has 5 rings (SSSR count). The van der Waals surface area contributed by atoms with Crippen LogP contribution in [0.25, 0.3) is 0 Å². The number of ether oxygens (including phenoxy) is 2.